The molecule has 1 aliphatic carbocycles. The zero-order valence-corrected chi connectivity index (χ0v) is 10.9. The Labute approximate surface area is 111 Å². The molecule has 0 radical (unpaired) electrons. The molecular weight excluding hydrogens is 255 g/mol. The second kappa shape index (κ2) is 6.00. The molecule has 1 fully saturated rings. The van der Waals surface area contributed by atoms with E-state index in [2.05, 4.69) is 0 Å². The predicted molar refractivity (Wildman–Crippen MR) is 69.0 cm³/mol. The van der Waals surface area contributed by atoms with E-state index in [1.807, 2.05) is 0 Å². The number of benzene rings is 1. The summed E-state index contributed by atoms with van der Waals surface area (Å²) in [4.78, 5) is 0. The van der Waals surface area contributed by atoms with Crippen molar-refractivity contribution >= 4 is 11.6 Å². The van der Waals surface area contributed by atoms with Crippen LogP contribution in [0.2, 0.25) is 5.02 Å². The van der Waals surface area contributed by atoms with Crippen molar-refractivity contribution in [3.63, 3.8) is 0 Å². The topological polar surface area (TPSA) is 40.5 Å². The zero-order chi connectivity index (χ0) is 13.1. The highest BCUT2D eigenvalue weighted by Gasteiger charge is 2.30. The first-order valence-electron chi connectivity index (χ1n) is 6.40. The van der Waals surface area contributed by atoms with E-state index in [1.54, 1.807) is 0 Å². The molecule has 2 unspecified atom stereocenters. The average Bonchev–Trinajstić information content (AvgIpc) is 2.38. The van der Waals surface area contributed by atoms with Crippen molar-refractivity contribution in [1.82, 2.24) is 0 Å². The van der Waals surface area contributed by atoms with Gasteiger partial charge in [-0.3, -0.25) is 0 Å². The van der Waals surface area contributed by atoms with Gasteiger partial charge in [0.1, 0.15) is 11.9 Å². The molecule has 0 aliphatic heterocycles. The lowest BCUT2D eigenvalue weighted by atomic mass is 9.82. The van der Waals surface area contributed by atoms with Gasteiger partial charge in [0.05, 0.1) is 6.10 Å². The number of aliphatic hydroxyl groups is 2. The lowest BCUT2D eigenvalue weighted by Crippen LogP contribution is -2.29. The Morgan fingerprint density at radius 1 is 1.17 bits per heavy atom. The SMILES string of the molecule is OC(c1ccc(Cl)cc1F)C(O)C1CCCCC1. The maximum atomic E-state index is 13.7. The highest BCUT2D eigenvalue weighted by molar-refractivity contribution is 6.30. The average molecular weight is 273 g/mol. The molecule has 4 heteroatoms. The van der Waals surface area contributed by atoms with Gasteiger partial charge in [-0.15, -0.1) is 0 Å². The summed E-state index contributed by atoms with van der Waals surface area (Å²) in [6, 6.07) is 4.12. The maximum absolute atomic E-state index is 13.7. The number of halogens is 2. The van der Waals surface area contributed by atoms with Crippen LogP contribution in [0, 0.1) is 11.7 Å². The summed E-state index contributed by atoms with van der Waals surface area (Å²) in [5.41, 5.74) is 0.123. The Morgan fingerprint density at radius 2 is 1.83 bits per heavy atom. The second-order valence-corrected chi connectivity index (χ2v) is 5.44. The summed E-state index contributed by atoms with van der Waals surface area (Å²) in [5, 5.41) is 20.5. The summed E-state index contributed by atoms with van der Waals surface area (Å²) in [5.74, 6) is -0.506. The first kappa shape index (κ1) is 13.8. The molecular formula is C14H18ClFO2. The van der Waals surface area contributed by atoms with Crippen molar-refractivity contribution in [3.05, 3.63) is 34.6 Å². The molecule has 0 aromatic heterocycles. The first-order valence-corrected chi connectivity index (χ1v) is 6.78. The molecule has 1 saturated carbocycles. The van der Waals surface area contributed by atoms with Gasteiger partial charge in [0.2, 0.25) is 0 Å². The fourth-order valence-electron chi connectivity index (χ4n) is 2.66. The van der Waals surface area contributed by atoms with E-state index >= 15 is 0 Å². The zero-order valence-electron chi connectivity index (χ0n) is 10.1. The number of aliphatic hydroxyl groups excluding tert-OH is 2. The van der Waals surface area contributed by atoms with E-state index in [-0.39, 0.29) is 16.5 Å². The molecule has 0 spiro atoms. The third-order valence-corrected chi connectivity index (χ3v) is 3.97. The number of rotatable bonds is 3. The maximum Gasteiger partial charge on any atom is 0.130 e. The molecule has 1 aliphatic rings. The van der Waals surface area contributed by atoms with E-state index in [0.717, 1.165) is 31.7 Å². The van der Waals surface area contributed by atoms with E-state index in [1.165, 1.54) is 18.6 Å². The van der Waals surface area contributed by atoms with Crippen LogP contribution < -0.4 is 0 Å². The Hall–Kier alpha value is -0.640. The molecule has 0 heterocycles. The van der Waals surface area contributed by atoms with Gasteiger partial charge in [-0.25, -0.2) is 4.39 Å². The van der Waals surface area contributed by atoms with Crippen LogP contribution in [0.4, 0.5) is 4.39 Å². The van der Waals surface area contributed by atoms with Crippen LogP contribution in [0.25, 0.3) is 0 Å². The minimum Gasteiger partial charge on any atom is -0.390 e. The van der Waals surface area contributed by atoms with E-state index in [0.29, 0.717) is 0 Å². The molecule has 2 atom stereocenters. The highest BCUT2D eigenvalue weighted by atomic mass is 35.5. The summed E-state index contributed by atoms with van der Waals surface area (Å²) in [7, 11) is 0. The lowest BCUT2D eigenvalue weighted by molar-refractivity contribution is -0.0300. The van der Waals surface area contributed by atoms with Gasteiger partial charge in [-0.2, -0.15) is 0 Å². The molecule has 1 aromatic rings. The van der Waals surface area contributed by atoms with Crippen LogP contribution in [0.3, 0.4) is 0 Å². The van der Waals surface area contributed by atoms with E-state index in [4.69, 9.17) is 11.6 Å². The Balaban J connectivity index is 2.11. The highest BCUT2D eigenvalue weighted by Crippen LogP contribution is 2.33. The first-order chi connectivity index (χ1) is 8.59. The number of hydrogen-bond donors (Lipinski definition) is 2. The van der Waals surface area contributed by atoms with Crippen LogP contribution >= 0.6 is 11.6 Å². The summed E-state index contributed by atoms with van der Waals surface area (Å²) in [6.07, 6.45) is 3.02. The van der Waals surface area contributed by atoms with Gasteiger partial charge in [-0.1, -0.05) is 36.9 Å². The largest absolute Gasteiger partial charge is 0.390 e. The van der Waals surface area contributed by atoms with Crippen LogP contribution in [-0.4, -0.2) is 16.3 Å². The molecule has 0 bridgehead atoms. The fourth-order valence-corrected chi connectivity index (χ4v) is 2.82. The Kier molecular flexibility index (Phi) is 4.60. The van der Waals surface area contributed by atoms with Crippen LogP contribution in [0.1, 0.15) is 43.8 Å². The molecule has 100 valence electrons. The lowest BCUT2D eigenvalue weighted by Gasteiger charge is -2.30. The fraction of sp³-hybridized carbons (Fsp3) is 0.571. The summed E-state index contributed by atoms with van der Waals surface area (Å²) >= 11 is 5.67. The summed E-state index contributed by atoms with van der Waals surface area (Å²) in [6.45, 7) is 0. The van der Waals surface area contributed by atoms with Crippen molar-refractivity contribution in [3.8, 4) is 0 Å². The molecule has 18 heavy (non-hydrogen) atoms. The normalized spacial score (nSPS) is 20.7. The minimum absolute atomic E-state index is 0.0591. The molecule has 0 amide bonds. The third-order valence-electron chi connectivity index (χ3n) is 3.74. The van der Waals surface area contributed by atoms with Crippen LogP contribution in [-0.2, 0) is 0 Å². The van der Waals surface area contributed by atoms with Crippen molar-refractivity contribution < 1.29 is 14.6 Å². The van der Waals surface area contributed by atoms with Gasteiger partial charge < -0.3 is 10.2 Å². The van der Waals surface area contributed by atoms with E-state index < -0.39 is 18.0 Å². The van der Waals surface area contributed by atoms with Crippen molar-refractivity contribution in [1.29, 1.82) is 0 Å². The number of hydrogen-bond acceptors (Lipinski definition) is 2. The quantitative estimate of drug-likeness (QED) is 0.885. The van der Waals surface area contributed by atoms with Crippen LogP contribution in [0.15, 0.2) is 18.2 Å². The summed E-state index contributed by atoms with van der Waals surface area (Å²) < 4.78 is 13.7. The molecule has 1 aromatic carbocycles. The monoisotopic (exact) mass is 272 g/mol. The van der Waals surface area contributed by atoms with E-state index in [9.17, 15) is 14.6 Å². The smallest absolute Gasteiger partial charge is 0.130 e. The Morgan fingerprint density at radius 3 is 2.44 bits per heavy atom. The second-order valence-electron chi connectivity index (χ2n) is 5.00. The van der Waals surface area contributed by atoms with Crippen molar-refractivity contribution in [2.45, 2.75) is 44.3 Å². The van der Waals surface area contributed by atoms with Crippen molar-refractivity contribution in [2.75, 3.05) is 0 Å². The van der Waals surface area contributed by atoms with Gasteiger partial charge in [0, 0.05) is 10.6 Å². The van der Waals surface area contributed by atoms with Gasteiger partial charge in [0.15, 0.2) is 0 Å². The minimum atomic E-state index is -1.18. The standard InChI is InChI=1S/C14H18ClFO2/c15-10-6-7-11(12(16)8-10)14(18)13(17)9-4-2-1-3-5-9/h6-9,13-14,17-18H,1-5H2. The van der Waals surface area contributed by atoms with Gasteiger partial charge in [-0.05, 0) is 30.9 Å². The Bertz CT molecular complexity index is 405. The third kappa shape index (κ3) is 3.02. The van der Waals surface area contributed by atoms with Crippen LogP contribution in [0.5, 0.6) is 0 Å². The predicted octanol–water partition coefficient (Wildman–Crippen LogP) is 3.45. The molecule has 0 saturated heterocycles. The molecule has 2 N–H and O–H groups in total. The van der Waals surface area contributed by atoms with Crippen molar-refractivity contribution in [2.24, 2.45) is 5.92 Å². The molecule has 2 nitrogen and oxygen atoms in total. The van der Waals surface area contributed by atoms with Gasteiger partial charge in [0.25, 0.3) is 0 Å². The molecule has 2 rings (SSSR count). The van der Waals surface area contributed by atoms with Gasteiger partial charge >= 0.3 is 0 Å².